The molecule has 0 spiro atoms. The number of carbonyl (C=O) groups is 1. The first-order valence-corrected chi connectivity index (χ1v) is 7.24. The van der Waals surface area contributed by atoms with Crippen LogP contribution in [0.1, 0.15) is 11.3 Å². The first kappa shape index (κ1) is 14.2. The Kier molecular flexibility index (Phi) is 4.39. The zero-order chi connectivity index (χ0) is 13.9. The van der Waals surface area contributed by atoms with Gasteiger partial charge in [0.1, 0.15) is 0 Å². The molecular weight excluding hydrogens is 260 g/mol. The van der Waals surface area contributed by atoms with Gasteiger partial charge in [-0.15, -0.1) is 11.3 Å². The number of thiophene rings is 1. The van der Waals surface area contributed by atoms with E-state index in [-0.39, 0.29) is 5.91 Å². The average molecular weight is 280 g/mol. The highest BCUT2D eigenvalue weighted by Crippen LogP contribution is 2.22. The third kappa shape index (κ3) is 3.89. The van der Waals surface area contributed by atoms with Crippen molar-refractivity contribution in [2.45, 2.75) is 12.0 Å². The summed E-state index contributed by atoms with van der Waals surface area (Å²) in [6, 6.07) is 3.93. The lowest BCUT2D eigenvalue weighted by Gasteiger charge is -2.26. The Morgan fingerprint density at radius 2 is 2.42 bits per heavy atom. The molecule has 1 fully saturated rings. The molecule has 104 valence electrons. The Balaban J connectivity index is 1.91. The van der Waals surface area contributed by atoms with Gasteiger partial charge in [0.15, 0.2) is 0 Å². The molecule has 1 aliphatic heterocycles. The molecule has 1 atom stereocenters. The highest BCUT2D eigenvalue weighted by Gasteiger charge is 2.37. The molecule has 5 heteroatoms. The summed E-state index contributed by atoms with van der Waals surface area (Å²) >= 11 is 1.60. The number of likely N-dealkylation sites (tertiary alicyclic amines) is 1. The second-order valence-corrected chi connectivity index (χ2v) is 6.30. The number of aliphatic hydroxyl groups is 1. The summed E-state index contributed by atoms with van der Waals surface area (Å²) in [6.45, 7) is 1.63. The van der Waals surface area contributed by atoms with Crippen LogP contribution in [0.5, 0.6) is 0 Å². The first-order chi connectivity index (χ1) is 8.98. The lowest BCUT2D eigenvalue weighted by Crippen LogP contribution is -2.43. The fourth-order valence-corrected chi connectivity index (χ4v) is 3.03. The Hall–Kier alpha value is -1.17. The molecule has 1 unspecified atom stereocenters. The summed E-state index contributed by atoms with van der Waals surface area (Å²) in [5.74, 6) is -0.0249. The lowest BCUT2D eigenvalue weighted by atomic mass is 10.0. The maximum Gasteiger partial charge on any atom is 0.246 e. The standard InChI is InChI=1S/C14H20N2O2S/c1-15(2)10-14(18)7-8-16(11-14)13(17)6-5-12-4-3-9-19-12/h3-6,9,18H,7-8,10-11H2,1-2H3. The summed E-state index contributed by atoms with van der Waals surface area (Å²) in [4.78, 5) is 16.8. The van der Waals surface area contributed by atoms with Gasteiger partial charge in [-0.1, -0.05) is 6.07 Å². The minimum atomic E-state index is -0.768. The maximum absolute atomic E-state index is 12.0. The molecule has 2 heterocycles. The second-order valence-electron chi connectivity index (χ2n) is 5.32. The van der Waals surface area contributed by atoms with Crippen molar-refractivity contribution in [2.24, 2.45) is 0 Å². The van der Waals surface area contributed by atoms with Crippen LogP contribution >= 0.6 is 11.3 Å². The smallest absolute Gasteiger partial charge is 0.246 e. The molecule has 1 amide bonds. The number of rotatable bonds is 4. The van der Waals surface area contributed by atoms with Crippen LogP contribution in [0.4, 0.5) is 0 Å². The van der Waals surface area contributed by atoms with E-state index in [0.29, 0.717) is 26.1 Å². The Labute approximate surface area is 118 Å². The van der Waals surface area contributed by atoms with Crippen LogP contribution < -0.4 is 0 Å². The van der Waals surface area contributed by atoms with E-state index in [1.165, 1.54) is 0 Å². The summed E-state index contributed by atoms with van der Waals surface area (Å²) in [5.41, 5.74) is -0.768. The van der Waals surface area contributed by atoms with Gasteiger partial charge in [-0.3, -0.25) is 4.79 Å². The first-order valence-electron chi connectivity index (χ1n) is 6.36. The third-order valence-electron chi connectivity index (χ3n) is 3.19. The highest BCUT2D eigenvalue weighted by atomic mass is 32.1. The van der Waals surface area contributed by atoms with Gasteiger partial charge in [-0.2, -0.15) is 0 Å². The van der Waals surface area contributed by atoms with Crippen LogP contribution in [-0.4, -0.2) is 60.1 Å². The highest BCUT2D eigenvalue weighted by molar-refractivity contribution is 7.10. The maximum atomic E-state index is 12.0. The van der Waals surface area contributed by atoms with Gasteiger partial charge in [0.25, 0.3) is 0 Å². The zero-order valence-corrected chi connectivity index (χ0v) is 12.2. The fraction of sp³-hybridized carbons (Fsp3) is 0.500. The van der Waals surface area contributed by atoms with Crippen molar-refractivity contribution in [2.75, 3.05) is 33.7 Å². The van der Waals surface area contributed by atoms with Crippen LogP contribution in [0, 0.1) is 0 Å². The van der Waals surface area contributed by atoms with Gasteiger partial charge in [0, 0.05) is 24.0 Å². The molecule has 0 radical (unpaired) electrons. The number of amides is 1. The summed E-state index contributed by atoms with van der Waals surface area (Å²) in [6.07, 6.45) is 4.06. The summed E-state index contributed by atoms with van der Waals surface area (Å²) < 4.78 is 0. The minimum Gasteiger partial charge on any atom is -0.387 e. The van der Waals surface area contributed by atoms with E-state index in [2.05, 4.69) is 0 Å². The molecule has 0 bridgehead atoms. The van der Waals surface area contributed by atoms with Gasteiger partial charge in [0.05, 0.1) is 12.1 Å². The predicted molar refractivity (Wildman–Crippen MR) is 78.1 cm³/mol. The van der Waals surface area contributed by atoms with Crippen LogP contribution in [0.25, 0.3) is 6.08 Å². The van der Waals surface area contributed by atoms with E-state index in [1.807, 2.05) is 42.6 Å². The topological polar surface area (TPSA) is 43.8 Å². The number of nitrogens with zero attached hydrogens (tertiary/aromatic N) is 2. The number of β-amino-alcohol motifs (C(OH)–C–C–N with tert-alkyl or cyclic N) is 1. The monoisotopic (exact) mass is 280 g/mol. The molecule has 1 aromatic rings. The Morgan fingerprint density at radius 3 is 3.05 bits per heavy atom. The average Bonchev–Trinajstić information content (AvgIpc) is 2.94. The molecule has 0 aromatic carbocycles. The van der Waals surface area contributed by atoms with Crippen molar-refractivity contribution >= 4 is 23.3 Å². The van der Waals surface area contributed by atoms with Crippen LogP contribution in [0.3, 0.4) is 0 Å². The molecule has 4 nitrogen and oxygen atoms in total. The Morgan fingerprint density at radius 1 is 1.63 bits per heavy atom. The molecule has 1 N–H and O–H groups in total. The van der Waals surface area contributed by atoms with Crippen LogP contribution in [-0.2, 0) is 4.79 Å². The van der Waals surface area contributed by atoms with E-state index in [1.54, 1.807) is 22.3 Å². The predicted octanol–water partition coefficient (Wildman–Crippen LogP) is 1.29. The molecule has 1 saturated heterocycles. The van der Waals surface area contributed by atoms with Crippen molar-refractivity contribution in [3.8, 4) is 0 Å². The van der Waals surface area contributed by atoms with E-state index in [9.17, 15) is 9.90 Å². The minimum absolute atomic E-state index is 0.0249. The summed E-state index contributed by atoms with van der Waals surface area (Å²) in [7, 11) is 3.86. The van der Waals surface area contributed by atoms with E-state index < -0.39 is 5.60 Å². The second kappa shape index (κ2) is 5.86. The van der Waals surface area contributed by atoms with Gasteiger partial charge in [0.2, 0.25) is 5.91 Å². The molecule has 0 saturated carbocycles. The SMILES string of the molecule is CN(C)CC1(O)CCN(C(=O)C=Cc2cccs2)C1. The molecule has 19 heavy (non-hydrogen) atoms. The van der Waals surface area contributed by atoms with Gasteiger partial charge < -0.3 is 14.9 Å². The van der Waals surface area contributed by atoms with E-state index in [0.717, 1.165) is 4.88 Å². The molecular formula is C14H20N2O2S. The Bertz CT molecular complexity index is 456. The van der Waals surface area contributed by atoms with Crippen molar-refractivity contribution in [1.29, 1.82) is 0 Å². The zero-order valence-electron chi connectivity index (χ0n) is 11.4. The summed E-state index contributed by atoms with van der Waals surface area (Å²) in [5, 5.41) is 12.4. The van der Waals surface area contributed by atoms with Crippen LogP contribution in [0.2, 0.25) is 0 Å². The van der Waals surface area contributed by atoms with Gasteiger partial charge >= 0.3 is 0 Å². The molecule has 2 rings (SSSR count). The number of carbonyl (C=O) groups excluding carboxylic acids is 1. The van der Waals surface area contributed by atoms with E-state index >= 15 is 0 Å². The van der Waals surface area contributed by atoms with Crippen molar-refractivity contribution < 1.29 is 9.90 Å². The van der Waals surface area contributed by atoms with Crippen LogP contribution in [0.15, 0.2) is 23.6 Å². The molecule has 1 aromatic heterocycles. The molecule has 0 aliphatic carbocycles. The fourth-order valence-electron chi connectivity index (χ4n) is 2.41. The lowest BCUT2D eigenvalue weighted by molar-refractivity contribution is -0.126. The number of likely N-dealkylation sites (N-methyl/N-ethyl adjacent to an activating group) is 1. The van der Waals surface area contributed by atoms with Crippen molar-refractivity contribution in [3.05, 3.63) is 28.5 Å². The van der Waals surface area contributed by atoms with Gasteiger partial charge in [-0.05, 0) is 38.0 Å². The number of hydrogen-bond donors (Lipinski definition) is 1. The third-order valence-corrected chi connectivity index (χ3v) is 4.03. The quantitative estimate of drug-likeness (QED) is 0.845. The number of hydrogen-bond acceptors (Lipinski definition) is 4. The largest absolute Gasteiger partial charge is 0.387 e. The molecule has 1 aliphatic rings. The van der Waals surface area contributed by atoms with Crippen molar-refractivity contribution in [3.63, 3.8) is 0 Å². The van der Waals surface area contributed by atoms with Gasteiger partial charge in [-0.25, -0.2) is 0 Å². The normalized spacial score (nSPS) is 23.7. The van der Waals surface area contributed by atoms with E-state index in [4.69, 9.17) is 0 Å². The van der Waals surface area contributed by atoms with Crippen molar-refractivity contribution in [1.82, 2.24) is 9.80 Å².